The molecular formula is C26H21BrN2O3. The Morgan fingerprint density at radius 2 is 1.91 bits per heavy atom. The molecule has 4 rings (SSSR count). The summed E-state index contributed by atoms with van der Waals surface area (Å²) >= 11 is 3.42. The number of anilines is 1. The normalized spacial score (nSPS) is 12.8. The first-order chi connectivity index (χ1) is 15.6. The molecule has 0 bridgehead atoms. The molecule has 0 unspecified atom stereocenters. The standard InChI is InChI=1S/C26H21BrN2O3/c1-31-25-15-19(8-11-24(25)32-17-18-6-9-22(27)10-7-18)14-21(16-28)26(30)29-13-12-20-4-2-3-5-23(20)29/h2-11,14-15H,12-13,17H2,1H3/b21-14+. The number of methoxy groups -OCH3 is 1. The Hall–Kier alpha value is -3.56. The second kappa shape index (κ2) is 9.71. The number of nitrogens with zero attached hydrogens (tertiary/aromatic N) is 2. The van der Waals surface area contributed by atoms with Gasteiger partial charge >= 0.3 is 0 Å². The molecule has 1 amide bonds. The molecule has 160 valence electrons. The highest BCUT2D eigenvalue weighted by Crippen LogP contribution is 2.31. The second-order valence-corrected chi connectivity index (χ2v) is 8.25. The molecule has 0 aliphatic carbocycles. The molecule has 1 heterocycles. The van der Waals surface area contributed by atoms with Crippen LogP contribution in [0.2, 0.25) is 0 Å². The van der Waals surface area contributed by atoms with Crippen LogP contribution in [0.15, 0.2) is 76.8 Å². The Kier molecular flexibility index (Phi) is 6.58. The minimum atomic E-state index is -0.299. The summed E-state index contributed by atoms with van der Waals surface area (Å²) in [5, 5.41) is 9.65. The molecule has 1 aliphatic heterocycles. The predicted octanol–water partition coefficient (Wildman–Crippen LogP) is 5.53. The number of carbonyl (C=O) groups is 1. The third kappa shape index (κ3) is 4.68. The van der Waals surface area contributed by atoms with Crippen molar-refractivity contribution in [2.75, 3.05) is 18.6 Å². The van der Waals surface area contributed by atoms with E-state index in [0.717, 1.165) is 27.7 Å². The number of carbonyl (C=O) groups excluding carboxylic acids is 1. The van der Waals surface area contributed by atoms with Gasteiger partial charge < -0.3 is 14.4 Å². The zero-order chi connectivity index (χ0) is 22.5. The van der Waals surface area contributed by atoms with Gasteiger partial charge in [0.1, 0.15) is 18.2 Å². The number of amides is 1. The molecule has 1 aliphatic rings. The molecule has 0 atom stereocenters. The van der Waals surface area contributed by atoms with Crippen molar-refractivity contribution in [3.63, 3.8) is 0 Å². The van der Waals surface area contributed by atoms with Crippen molar-refractivity contribution < 1.29 is 14.3 Å². The molecule has 0 N–H and O–H groups in total. The van der Waals surface area contributed by atoms with Crippen LogP contribution in [0.25, 0.3) is 6.08 Å². The van der Waals surface area contributed by atoms with E-state index in [0.29, 0.717) is 30.2 Å². The van der Waals surface area contributed by atoms with Crippen LogP contribution in [0.5, 0.6) is 11.5 Å². The number of hydrogen-bond donors (Lipinski definition) is 0. The van der Waals surface area contributed by atoms with E-state index in [2.05, 4.69) is 22.0 Å². The molecule has 0 saturated heterocycles. The van der Waals surface area contributed by atoms with Crippen LogP contribution in [-0.2, 0) is 17.8 Å². The number of hydrogen-bond acceptors (Lipinski definition) is 4. The van der Waals surface area contributed by atoms with Crippen molar-refractivity contribution in [3.05, 3.63) is 93.5 Å². The van der Waals surface area contributed by atoms with E-state index in [4.69, 9.17) is 9.47 Å². The Morgan fingerprint density at radius 3 is 2.66 bits per heavy atom. The molecule has 5 nitrogen and oxygen atoms in total. The monoisotopic (exact) mass is 488 g/mol. The zero-order valence-corrected chi connectivity index (χ0v) is 19.1. The molecule has 0 saturated carbocycles. The van der Waals surface area contributed by atoms with E-state index < -0.39 is 0 Å². The first-order valence-corrected chi connectivity index (χ1v) is 10.9. The largest absolute Gasteiger partial charge is 0.493 e. The lowest BCUT2D eigenvalue weighted by Gasteiger charge is -2.16. The summed E-state index contributed by atoms with van der Waals surface area (Å²) in [7, 11) is 1.56. The number of para-hydroxylation sites is 1. The highest BCUT2D eigenvalue weighted by Gasteiger charge is 2.26. The summed E-state index contributed by atoms with van der Waals surface area (Å²) < 4.78 is 12.4. The fraction of sp³-hybridized carbons (Fsp3) is 0.154. The van der Waals surface area contributed by atoms with Gasteiger partial charge in [-0.3, -0.25) is 4.79 Å². The highest BCUT2D eigenvalue weighted by atomic mass is 79.9. The van der Waals surface area contributed by atoms with Crippen LogP contribution >= 0.6 is 15.9 Å². The van der Waals surface area contributed by atoms with Crippen molar-refractivity contribution in [1.82, 2.24) is 0 Å². The summed E-state index contributed by atoms with van der Waals surface area (Å²) in [4.78, 5) is 14.7. The number of fused-ring (bicyclic) bond motifs is 1. The van der Waals surface area contributed by atoms with Crippen LogP contribution in [0.1, 0.15) is 16.7 Å². The third-order valence-electron chi connectivity index (χ3n) is 5.29. The van der Waals surface area contributed by atoms with E-state index in [-0.39, 0.29) is 11.5 Å². The third-order valence-corrected chi connectivity index (χ3v) is 5.82. The Morgan fingerprint density at radius 1 is 1.12 bits per heavy atom. The average molecular weight is 489 g/mol. The van der Waals surface area contributed by atoms with Crippen LogP contribution in [0, 0.1) is 11.3 Å². The van der Waals surface area contributed by atoms with Gasteiger partial charge in [0, 0.05) is 16.7 Å². The van der Waals surface area contributed by atoms with Crippen LogP contribution in [-0.4, -0.2) is 19.6 Å². The van der Waals surface area contributed by atoms with Crippen LogP contribution in [0.3, 0.4) is 0 Å². The number of halogens is 1. The maximum atomic E-state index is 13.0. The van der Waals surface area contributed by atoms with E-state index >= 15 is 0 Å². The highest BCUT2D eigenvalue weighted by molar-refractivity contribution is 9.10. The van der Waals surface area contributed by atoms with Crippen molar-refractivity contribution in [2.45, 2.75) is 13.0 Å². The van der Waals surface area contributed by atoms with Crippen molar-refractivity contribution in [2.24, 2.45) is 0 Å². The van der Waals surface area contributed by atoms with E-state index in [1.807, 2.05) is 54.6 Å². The van der Waals surface area contributed by atoms with Gasteiger partial charge in [0.2, 0.25) is 0 Å². The van der Waals surface area contributed by atoms with Gasteiger partial charge in [0.25, 0.3) is 5.91 Å². The van der Waals surface area contributed by atoms with Gasteiger partial charge in [-0.2, -0.15) is 5.26 Å². The molecular weight excluding hydrogens is 468 g/mol. The maximum Gasteiger partial charge on any atom is 0.268 e. The van der Waals surface area contributed by atoms with Crippen molar-refractivity contribution in [1.29, 1.82) is 5.26 Å². The molecule has 32 heavy (non-hydrogen) atoms. The smallest absolute Gasteiger partial charge is 0.268 e. The molecule has 3 aromatic rings. The Labute approximate surface area is 195 Å². The molecule has 0 radical (unpaired) electrons. The number of ether oxygens (including phenoxy) is 2. The van der Waals surface area contributed by atoms with Gasteiger partial charge in [-0.05, 0) is 59.5 Å². The predicted molar refractivity (Wildman–Crippen MR) is 128 cm³/mol. The molecule has 0 spiro atoms. The Balaban J connectivity index is 1.53. The number of rotatable bonds is 6. The fourth-order valence-corrected chi connectivity index (χ4v) is 3.90. The van der Waals surface area contributed by atoms with Gasteiger partial charge in [-0.15, -0.1) is 0 Å². The lowest BCUT2D eigenvalue weighted by molar-refractivity contribution is -0.114. The van der Waals surface area contributed by atoms with E-state index in [9.17, 15) is 10.1 Å². The number of benzene rings is 3. The summed E-state index contributed by atoms with van der Waals surface area (Å²) in [6.45, 7) is 0.971. The summed E-state index contributed by atoms with van der Waals surface area (Å²) in [5.41, 5.74) is 3.78. The first kappa shape index (κ1) is 21.7. The van der Waals surface area contributed by atoms with Gasteiger partial charge in [0.05, 0.1) is 7.11 Å². The first-order valence-electron chi connectivity index (χ1n) is 10.2. The topological polar surface area (TPSA) is 62.6 Å². The number of nitriles is 1. The SMILES string of the molecule is COc1cc(/C=C(\C#N)C(=O)N2CCc3ccccc32)ccc1OCc1ccc(Br)cc1. The van der Waals surface area contributed by atoms with Crippen molar-refractivity contribution in [3.8, 4) is 17.6 Å². The minimum absolute atomic E-state index is 0.0762. The van der Waals surface area contributed by atoms with Crippen molar-refractivity contribution >= 4 is 33.6 Å². The lowest BCUT2D eigenvalue weighted by Crippen LogP contribution is -2.29. The fourth-order valence-electron chi connectivity index (χ4n) is 3.64. The quantitative estimate of drug-likeness (QED) is 0.337. The zero-order valence-electron chi connectivity index (χ0n) is 17.5. The summed E-state index contributed by atoms with van der Waals surface area (Å²) in [6.07, 6.45) is 2.38. The lowest BCUT2D eigenvalue weighted by atomic mass is 10.1. The van der Waals surface area contributed by atoms with Crippen LogP contribution in [0.4, 0.5) is 5.69 Å². The second-order valence-electron chi connectivity index (χ2n) is 7.33. The molecule has 6 heteroatoms. The molecule has 0 fully saturated rings. The molecule has 3 aromatic carbocycles. The van der Waals surface area contributed by atoms with E-state index in [1.165, 1.54) is 0 Å². The Bertz CT molecular complexity index is 1210. The van der Waals surface area contributed by atoms with Gasteiger partial charge in [0.15, 0.2) is 11.5 Å². The summed E-state index contributed by atoms with van der Waals surface area (Å²) in [5.74, 6) is 0.824. The maximum absolute atomic E-state index is 13.0. The minimum Gasteiger partial charge on any atom is -0.493 e. The summed E-state index contributed by atoms with van der Waals surface area (Å²) in [6, 6.07) is 23.1. The average Bonchev–Trinajstić information content (AvgIpc) is 3.26. The van der Waals surface area contributed by atoms with E-state index in [1.54, 1.807) is 30.2 Å². The van der Waals surface area contributed by atoms with Gasteiger partial charge in [-0.1, -0.05) is 52.3 Å². The van der Waals surface area contributed by atoms with Gasteiger partial charge in [-0.25, -0.2) is 0 Å². The van der Waals surface area contributed by atoms with Crippen LogP contribution < -0.4 is 14.4 Å². The molecule has 0 aromatic heterocycles.